The van der Waals surface area contributed by atoms with Crippen LogP contribution in [0.4, 0.5) is 0 Å². The molecule has 0 saturated heterocycles. The molecule has 1 unspecified atom stereocenters. The topological polar surface area (TPSA) is 40.7 Å². The largest absolute Gasteiger partial charge is 0.347 e. The molecule has 0 aliphatic rings. The van der Waals surface area contributed by atoms with Crippen LogP contribution in [0.5, 0.6) is 0 Å². The maximum Gasteiger partial charge on any atom is 0.123 e. The summed E-state index contributed by atoms with van der Waals surface area (Å²) in [6.45, 7) is 3.15. The lowest BCUT2D eigenvalue weighted by molar-refractivity contribution is 0.511. The molecule has 0 saturated carbocycles. The smallest absolute Gasteiger partial charge is 0.123 e. The molecule has 17 heavy (non-hydrogen) atoms. The summed E-state index contributed by atoms with van der Waals surface area (Å²) < 4.78 is 0.841. The van der Waals surface area contributed by atoms with Gasteiger partial charge in [0.05, 0.1) is 10.4 Å². The van der Waals surface area contributed by atoms with Crippen molar-refractivity contribution < 1.29 is 0 Å². The molecule has 2 aromatic rings. The molecule has 0 aliphatic heterocycles. The molecule has 0 aromatic carbocycles. The van der Waals surface area contributed by atoms with Crippen molar-refractivity contribution in [2.24, 2.45) is 0 Å². The number of hydrogen-bond donors (Lipinski definition) is 2. The van der Waals surface area contributed by atoms with Crippen molar-refractivity contribution in [2.75, 3.05) is 6.54 Å². The molecular formula is C12H16ClN3S. The standard InChI is InChI=1S/C12H16ClN3S/c1-2-5-14-10(12-15-6-7-16-12)8-9-3-4-11(13)17-9/h3-4,6-7,10,14H,2,5,8H2,1H3,(H,15,16). The van der Waals surface area contributed by atoms with Crippen LogP contribution in [0.2, 0.25) is 4.34 Å². The molecule has 2 N–H and O–H groups in total. The van der Waals surface area contributed by atoms with Crippen LogP contribution in [-0.4, -0.2) is 16.5 Å². The van der Waals surface area contributed by atoms with Crippen molar-refractivity contribution in [1.82, 2.24) is 15.3 Å². The van der Waals surface area contributed by atoms with Crippen LogP contribution >= 0.6 is 22.9 Å². The van der Waals surface area contributed by atoms with Crippen LogP contribution in [0.15, 0.2) is 24.5 Å². The zero-order valence-corrected chi connectivity index (χ0v) is 11.3. The van der Waals surface area contributed by atoms with E-state index in [9.17, 15) is 0 Å². The summed E-state index contributed by atoms with van der Waals surface area (Å²) in [6, 6.07) is 4.26. The van der Waals surface area contributed by atoms with Gasteiger partial charge in [-0.3, -0.25) is 0 Å². The summed E-state index contributed by atoms with van der Waals surface area (Å²) in [4.78, 5) is 8.78. The fourth-order valence-electron chi connectivity index (χ4n) is 1.71. The molecule has 0 radical (unpaired) electrons. The lowest BCUT2D eigenvalue weighted by Crippen LogP contribution is -2.24. The van der Waals surface area contributed by atoms with Gasteiger partial charge in [-0.25, -0.2) is 4.98 Å². The van der Waals surface area contributed by atoms with Gasteiger partial charge >= 0.3 is 0 Å². The molecule has 3 nitrogen and oxygen atoms in total. The average molecular weight is 270 g/mol. The first-order valence-electron chi connectivity index (χ1n) is 5.76. The molecule has 2 heterocycles. The Hall–Kier alpha value is -0.840. The van der Waals surface area contributed by atoms with Crippen LogP contribution in [0, 0.1) is 0 Å². The molecule has 0 spiro atoms. The first-order valence-corrected chi connectivity index (χ1v) is 6.96. The molecule has 1 atom stereocenters. The SMILES string of the molecule is CCCNC(Cc1ccc(Cl)s1)c1ncc[nH]1. The molecule has 0 amide bonds. The van der Waals surface area contributed by atoms with Crippen molar-refractivity contribution in [2.45, 2.75) is 25.8 Å². The molecular weight excluding hydrogens is 254 g/mol. The fraction of sp³-hybridized carbons (Fsp3) is 0.417. The number of nitrogens with zero attached hydrogens (tertiary/aromatic N) is 1. The quantitative estimate of drug-likeness (QED) is 0.844. The Labute approximate surface area is 110 Å². The Balaban J connectivity index is 2.05. The molecule has 92 valence electrons. The third kappa shape index (κ3) is 3.56. The van der Waals surface area contributed by atoms with E-state index in [2.05, 4.69) is 28.3 Å². The number of thiophene rings is 1. The molecule has 0 aliphatic carbocycles. The zero-order valence-electron chi connectivity index (χ0n) is 9.74. The number of aromatic nitrogens is 2. The minimum atomic E-state index is 0.236. The zero-order chi connectivity index (χ0) is 12.1. The maximum absolute atomic E-state index is 5.95. The summed E-state index contributed by atoms with van der Waals surface area (Å²) in [7, 11) is 0. The Kier molecular flexibility index (Phi) is 4.59. The highest BCUT2D eigenvalue weighted by molar-refractivity contribution is 7.16. The van der Waals surface area contributed by atoms with E-state index >= 15 is 0 Å². The fourth-order valence-corrected chi connectivity index (χ4v) is 2.85. The third-order valence-electron chi connectivity index (χ3n) is 2.52. The highest BCUT2D eigenvalue weighted by Crippen LogP contribution is 2.25. The minimum Gasteiger partial charge on any atom is -0.347 e. The summed E-state index contributed by atoms with van der Waals surface area (Å²) in [5.41, 5.74) is 0. The predicted molar refractivity (Wildman–Crippen MR) is 72.7 cm³/mol. The van der Waals surface area contributed by atoms with Gasteiger partial charge in [-0.1, -0.05) is 18.5 Å². The number of nitrogens with one attached hydrogen (secondary N) is 2. The summed E-state index contributed by atoms with van der Waals surface area (Å²) in [5.74, 6) is 0.989. The molecule has 2 aromatic heterocycles. The summed E-state index contributed by atoms with van der Waals surface area (Å²) >= 11 is 7.58. The molecule has 5 heteroatoms. The number of H-pyrrole nitrogens is 1. The van der Waals surface area contributed by atoms with E-state index in [1.807, 2.05) is 12.3 Å². The van der Waals surface area contributed by atoms with E-state index in [1.54, 1.807) is 17.5 Å². The lowest BCUT2D eigenvalue weighted by atomic mass is 10.1. The minimum absolute atomic E-state index is 0.236. The summed E-state index contributed by atoms with van der Waals surface area (Å²) in [5, 5.41) is 3.50. The number of hydrogen-bond acceptors (Lipinski definition) is 3. The van der Waals surface area contributed by atoms with Gasteiger partial charge in [-0.2, -0.15) is 0 Å². The number of rotatable bonds is 6. The normalized spacial score (nSPS) is 12.8. The van der Waals surface area contributed by atoms with E-state index in [1.165, 1.54) is 4.88 Å². The predicted octanol–water partition coefficient (Wildman–Crippen LogP) is 3.41. The highest BCUT2D eigenvalue weighted by atomic mass is 35.5. The van der Waals surface area contributed by atoms with Gasteiger partial charge in [0.15, 0.2) is 0 Å². The Morgan fingerprint density at radius 3 is 3.00 bits per heavy atom. The van der Waals surface area contributed by atoms with Gasteiger partial charge in [-0.05, 0) is 25.1 Å². The molecule has 0 fully saturated rings. The second kappa shape index (κ2) is 6.19. The van der Waals surface area contributed by atoms with Crippen LogP contribution in [-0.2, 0) is 6.42 Å². The van der Waals surface area contributed by atoms with Crippen molar-refractivity contribution in [3.05, 3.63) is 39.6 Å². The number of aromatic amines is 1. The first kappa shape index (κ1) is 12.6. The maximum atomic E-state index is 5.95. The van der Waals surface area contributed by atoms with Gasteiger partial charge in [0, 0.05) is 23.7 Å². The van der Waals surface area contributed by atoms with E-state index in [0.29, 0.717) is 0 Å². The third-order valence-corrected chi connectivity index (χ3v) is 3.78. The number of imidazole rings is 1. The van der Waals surface area contributed by atoms with Gasteiger partial charge in [0.2, 0.25) is 0 Å². The van der Waals surface area contributed by atoms with Crippen molar-refractivity contribution in [3.8, 4) is 0 Å². The van der Waals surface area contributed by atoms with Gasteiger partial charge in [-0.15, -0.1) is 11.3 Å². The van der Waals surface area contributed by atoms with Crippen LogP contribution in [0.1, 0.15) is 30.1 Å². The van der Waals surface area contributed by atoms with Gasteiger partial charge in [0.1, 0.15) is 5.82 Å². The van der Waals surface area contributed by atoms with E-state index in [4.69, 9.17) is 11.6 Å². The van der Waals surface area contributed by atoms with E-state index in [-0.39, 0.29) is 6.04 Å². The Morgan fingerprint density at radius 2 is 2.41 bits per heavy atom. The van der Waals surface area contributed by atoms with Gasteiger partial charge < -0.3 is 10.3 Å². The van der Waals surface area contributed by atoms with Crippen LogP contribution in [0.25, 0.3) is 0 Å². The molecule has 2 rings (SSSR count). The Bertz CT molecular complexity index is 438. The van der Waals surface area contributed by atoms with Crippen molar-refractivity contribution in [1.29, 1.82) is 0 Å². The Morgan fingerprint density at radius 1 is 1.53 bits per heavy atom. The second-order valence-corrected chi connectivity index (χ2v) is 5.69. The average Bonchev–Trinajstić information content (AvgIpc) is 2.95. The lowest BCUT2D eigenvalue weighted by Gasteiger charge is -2.15. The van der Waals surface area contributed by atoms with Crippen LogP contribution < -0.4 is 5.32 Å². The van der Waals surface area contributed by atoms with Gasteiger partial charge in [0.25, 0.3) is 0 Å². The number of halogens is 1. The van der Waals surface area contributed by atoms with E-state index in [0.717, 1.165) is 29.5 Å². The van der Waals surface area contributed by atoms with Crippen LogP contribution in [0.3, 0.4) is 0 Å². The monoisotopic (exact) mass is 269 g/mol. The summed E-state index contributed by atoms with van der Waals surface area (Å²) in [6.07, 6.45) is 5.68. The van der Waals surface area contributed by atoms with E-state index < -0.39 is 0 Å². The highest BCUT2D eigenvalue weighted by Gasteiger charge is 2.14. The first-order chi connectivity index (χ1) is 8.29. The molecule has 0 bridgehead atoms. The van der Waals surface area contributed by atoms with Crippen molar-refractivity contribution >= 4 is 22.9 Å². The van der Waals surface area contributed by atoms with Crippen molar-refractivity contribution in [3.63, 3.8) is 0 Å². The second-order valence-electron chi connectivity index (χ2n) is 3.89.